The van der Waals surface area contributed by atoms with Crippen LogP contribution in [0.2, 0.25) is 0 Å². The Hall–Kier alpha value is -1.94. The highest BCUT2D eigenvalue weighted by atomic mass is 16.5. The Morgan fingerprint density at radius 3 is 2.42 bits per heavy atom. The minimum absolute atomic E-state index is 0.524. The van der Waals surface area contributed by atoms with Crippen molar-refractivity contribution in [1.29, 1.82) is 0 Å². The van der Waals surface area contributed by atoms with Crippen LogP contribution in [0, 0.1) is 20.8 Å². The van der Waals surface area contributed by atoms with E-state index in [4.69, 9.17) is 4.74 Å². The second-order valence-corrected chi connectivity index (χ2v) is 4.68. The third-order valence-electron chi connectivity index (χ3n) is 3.07. The van der Waals surface area contributed by atoms with Crippen molar-refractivity contribution < 1.29 is 9.84 Å². The summed E-state index contributed by atoms with van der Waals surface area (Å²) in [4.78, 5) is 8.39. The highest BCUT2D eigenvalue weighted by Crippen LogP contribution is 2.32. The summed E-state index contributed by atoms with van der Waals surface area (Å²) in [5.41, 5.74) is 4.16. The maximum absolute atomic E-state index is 10.5. The van der Waals surface area contributed by atoms with E-state index in [0.29, 0.717) is 11.4 Å². The number of aryl methyl sites for hydroxylation is 3. The van der Waals surface area contributed by atoms with Crippen LogP contribution in [0.1, 0.15) is 34.2 Å². The van der Waals surface area contributed by atoms with Crippen LogP contribution in [0.15, 0.2) is 24.5 Å². The van der Waals surface area contributed by atoms with E-state index in [1.54, 1.807) is 19.5 Å². The number of hydrogen-bond acceptors (Lipinski definition) is 4. The Morgan fingerprint density at radius 1 is 1.11 bits per heavy atom. The first-order chi connectivity index (χ1) is 9.02. The van der Waals surface area contributed by atoms with E-state index < -0.39 is 6.10 Å². The molecule has 1 unspecified atom stereocenters. The molecule has 0 aliphatic carbocycles. The van der Waals surface area contributed by atoms with Gasteiger partial charge in [0.1, 0.15) is 11.9 Å². The number of aliphatic hydroxyl groups is 1. The van der Waals surface area contributed by atoms with Crippen molar-refractivity contribution in [3.8, 4) is 5.75 Å². The molecule has 100 valence electrons. The van der Waals surface area contributed by atoms with Gasteiger partial charge in [0.2, 0.25) is 0 Å². The molecule has 0 saturated carbocycles. The topological polar surface area (TPSA) is 55.2 Å². The molecular formula is C15H18N2O2. The Morgan fingerprint density at radius 2 is 1.84 bits per heavy atom. The molecule has 4 nitrogen and oxygen atoms in total. The molecule has 0 spiro atoms. The molecule has 0 fully saturated rings. The number of rotatable bonds is 3. The van der Waals surface area contributed by atoms with Crippen LogP contribution in [-0.2, 0) is 0 Å². The summed E-state index contributed by atoms with van der Waals surface area (Å²) in [5.74, 6) is 0.673. The van der Waals surface area contributed by atoms with Crippen molar-refractivity contribution in [2.24, 2.45) is 0 Å². The van der Waals surface area contributed by atoms with Crippen molar-refractivity contribution in [2.75, 3.05) is 7.11 Å². The lowest BCUT2D eigenvalue weighted by atomic mass is 9.98. The molecule has 4 heteroatoms. The first-order valence-corrected chi connectivity index (χ1v) is 6.14. The van der Waals surface area contributed by atoms with Gasteiger partial charge in [-0.2, -0.15) is 0 Å². The van der Waals surface area contributed by atoms with Gasteiger partial charge in [-0.1, -0.05) is 6.07 Å². The van der Waals surface area contributed by atoms with Crippen molar-refractivity contribution in [2.45, 2.75) is 26.9 Å². The largest absolute Gasteiger partial charge is 0.496 e. The number of aliphatic hydroxyl groups excluding tert-OH is 1. The molecule has 19 heavy (non-hydrogen) atoms. The van der Waals surface area contributed by atoms with Crippen LogP contribution in [0.3, 0.4) is 0 Å². The first-order valence-electron chi connectivity index (χ1n) is 6.14. The van der Waals surface area contributed by atoms with Gasteiger partial charge in [0, 0.05) is 11.8 Å². The third-order valence-corrected chi connectivity index (χ3v) is 3.07. The normalized spacial score (nSPS) is 12.3. The van der Waals surface area contributed by atoms with E-state index >= 15 is 0 Å². The molecule has 1 aromatic heterocycles. The molecule has 1 N–H and O–H groups in total. The molecule has 2 rings (SSSR count). The van der Waals surface area contributed by atoms with E-state index in [-0.39, 0.29) is 0 Å². The van der Waals surface area contributed by atoms with E-state index in [2.05, 4.69) is 9.97 Å². The molecule has 2 aromatic rings. The van der Waals surface area contributed by atoms with E-state index in [1.807, 2.05) is 32.9 Å². The minimum Gasteiger partial charge on any atom is -0.496 e. The van der Waals surface area contributed by atoms with Crippen LogP contribution in [-0.4, -0.2) is 22.2 Å². The van der Waals surface area contributed by atoms with Gasteiger partial charge in [0.15, 0.2) is 0 Å². The standard InChI is InChI=1S/C15H18N2O2/c1-9-5-10(2)14(13(6-9)19-4)15(18)12-8-16-11(3)7-17-12/h5-8,15,18H,1-4H3. The Balaban J connectivity index is 2.49. The molecule has 1 heterocycles. The lowest BCUT2D eigenvalue weighted by Gasteiger charge is -2.17. The van der Waals surface area contributed by atoms with Crippen molar-refractivity contribution in [1.82, 2.24) is 9.97 Å². The molecule has 1 aromatic carbocycles. The predicted octanol–water partition coefficient (Wildman–Crippen LogP) is 2.49. The number of methoxy groups -OCH3 is 1. The Labute approximate surface area is 113 Å². The van der Waals surface area contributed by atoms with Gasteiger partial charge < -0.3 is 9.84 Å². The molecular weight excluding hydrogens is 240 g/mol. The number of aromatic nitrogens is 2. The summed E-state index contributed by atoms with van der Waals surface area (Å²) in [6, 6.07) is 3.93. The summed E-state index contributed by atoms with van der Waals surface area (Å²) in [7, 11) is 1.60. The number of benzene rings is 1. The first kappa shape index (κ1) is 13.5. The monoisotopic (exact) mass is 258 g/mol. The summed E-state index contributed by atoms with van der Waals surface area (Å²) >= 11 is 0. The van der Waals surface area contributed by atoms with Crippen LogP contribution >= 0.6 is 0 Å². The summed E-state index contributed by atoms with van der Waals surface area (Å²) < 4.78 is 5.37. The second-order valence-electron chi connectivity index (χ2n) is 4.68. The van der Waals surface area contributed by atoms with Crippen LogP contribution in [0.5, 0.6) is 5.75 Å². The van der Waals surface area contributed by atoms with E-state index in [0.717, 1.165) is 22.4 Å². The number of hydrogen-bond donors (Lipinski definition) is 1. The number of nitrogens with zero attached hydrogens (tertiary/aromatic N) is 2. The highest BCUT2D eigenvalue weighted by Gasteiger charge is 2.19. The fourth-order valence-electron chi connectivity index (χ4n) is 2.15. The average molecular weight is 258 g/mol. The third kappa shape index (κ3) is 2.74. The van der Waals surface area contributed by atoms with Gasteiger partial charge in [-0.05, 0) is 38.0 Å². The molecule has 0 radical (unpaired) electrons. The lowest BCUT2D eigenvalue weighted by Crippen LogP contribution is -2.07. The predicted molar refractivity (Wildman–Crippen MR) is 73.3 cm³/mol. The SMILES string of the molecule is COc1cc(C)cc(C)c1C(O)c1cnc(C)cn1. The van der Waals surface area contributed by atoms with Gasteiger partial charge >= 0.3 is 0 Å². The molecule has 1 atom stereocenters. The maximum atomic E-state index is 10.5. The maximum Gasteiger partial charge on any atom is 0.126 e. The minimum atomic E-state index is -0.830. The molecule has 0 aliphatic rings. The summed E-state index contributed by atoms with van der Waals surface area (Å²) in [6.45, 7) is 5.81. The van der Waals surface area contributed by atoms with Gasteiger partial charge in [0.25, 0.3) is 0 Å². The van der Waals surface area contributed by atoms with Crippen LogP contribution < -0.4 is 4.74 Å². The van der Waals surface area contributed by atoms with Gasteiger partial charge in [-0.15, -0.1) is 0 Å². The van der Waals surface area contributed by atoms with Crippen molar-refractivity contribution >= 4 is 0 Å². The Bertz CT molecular complexity index is 579. The van der Waals surface area contributed by atoms with Crippen molar-refractivity contribution in [3.63, 3.8) is 0 Å². The summed E-state index contributed by atoms with van der Waals surface area (Å²) in [6.07, 6.45) is 2.41. The molecule has 0 bridgehead atoms. The lowest BCUT2D eigenvalue weighted by molar-refractivity contribution is 0.208. The Kier molecular flexibility index (Phi) is 3.81. The zero-order chi connectivity index (χ0) is 14.0. The number of ether oxygens (including phenoxy) is 1. The smallest absolute Gasteiger partial charge is 0.126 e. The van der Waals surface area contributed by atoms with E-state index in [9.17, 15) is 5.11 Å². The van der Waals surface area contributed by atoms with Crippen LogP contribution in [0.4, 0.5) is 0 Å². The molecule has 0 aliphatic heterocycles. The van der Waals surface area contributed by atoms with Gasteiger partial charge in [0.05, 0.1) is 24.7 Å². The van der Waals surface area contributed by atoms with Gasteiger partial charge in [-0.3, -0.25) is 9.97 Å². The van der Waals surface area contributed by atoms with Gasteiger partial charge in [-0.25, -0.2) is 0 Å². The summed E-state index contributed by atoms with van der Waals surface area (Å²) in [5, 5.41) is 10.5. The van der Waals surface area contributed by atoms with E-state index in [1.165, 1.54) is 0 Å². The fourth-order valence-corrected chi connectivity index (χ4v) is 2.15. The highest BCUT2D eigenvalue weighted by molar-refractivity contribution is 5.46. The zero-order valence-corrected chi connectivity index (χ0v) is 11.6. The van der Waals surface area contributed by atoms with Crippen LogP contribution in [0.25, 0.3) is 0 Å². The second kappa shape index (κ2) is 5.36. The average Bonchev–Trinajstić information content (AvgIpc) is 2.38. The molecule has 0 amide bonds. The molecule has 0 saturated heterocycles. The quantitative estimate of drug-likeness (QED) is 0.919. The fraction of sp³-hybridized carbons (Fsp3) is 0.333. The zero-order valence-electron chi connectivity index (χ0n) is 11.6. The van der Waals surface area contributed by atoms with Crippen molar-refractivity contribution in [3.05, 3.63) is 52.6 Å².